The Bertz CT molecular complexity index is 1440. The van der Waals surface area contributed by atoms with Gasteiger partial charge >= 0.3 is 16.7 Å². The zero-order chi connectivity index (χ0) is 28.4. The lowest BCUT2D eigenvalue weighted by Crippen LogP contribution is -2.36. The fourth-order valence-corrected chi connectivity index (χ4v) is 4.51. The monoisotopic (exact) mass is 572 g/mol. The van der Waals surface area contributed by atoms with Crippen LogP contribution in [-0.4, -0.2) is 75.4 Å². The highest BCUT2D eigenvalue weighted by atomic mass is 32.2. The zero-order valence-corrected chi connectivity index (χ0v) is 20.7. The first-order valence-electron chi connectivity index (χ1n) is 11.3. The molecule has 1 aromatic carbocycles. The molecule has 4 atom stereocenters. The van der Waals surface area contributed by atoms with Crippen LogP contribution in [0, 0.1) is 5.92 Å². The van der Waals surface area contributed by atoms with Crippen LogP contribution >= 0.6 is 0 Å². The third-order valence-corrected chi connectivity index (χ3v) is 6.40. The van der Waals surface area contributed by atoms with Crippen molar-refractivity contribution in [2.24, 2.45) is 11.1 Å². The van der Waals surface area contributed by atoms with Crippen molar-refractivity contribution in [1.29, 1.82) is 0 Å². The Morgan fingerprint density at radius 2 is 1.95 bits per heavy atom. The molecule has 0 aliphatic heterocycles. The number of ether oxygens (including phenoxy) is 1. The quantitative estimate of drug-likeness (QED) is 0.249. The molecule has 17 heteroatoms. The Labute approximate surface area is 219 Å². The molecule has 0 saturated heterocycles. The van der Waals surface area contributed by atoms with Gasteiger partial charge in [0.2, 0.25) is 5.78 Å². The lowest BCUT2D eigenvalue weighted by Gasteiger charge is -2.19. The van der Waals surface area contributed by atoms with Gasteiger partial charge in [0.05, 0.1) is 30.9 Å². The van der Waals surface area contributed by atoms with E-state index >= 15 is 0 Å². The van der Waals surface area contributed by atoms with E-state index in [1.54, 1.807) is 0 Å². The molecule has 4 rings (SSSR count). The van der Waals surface area contributed by atoms with Gasteiger partial charge in [-0.15, -0.1) is 13.2 Å². The van der Waals surface area contributed by atoms with Gasteiger partial charge in [-0.2, -0.15) is 13.5 Å². The first-order valence-corrected chi connectivity index (χ1v) is 12.8. The molecule has 0 radical (unpaired) electrons. The number of para-hydroxylation sites is 1. The first kappa shape index (κ1) is 28.4. The minimum atomic E-state index is -4.88. The molecule has 2 aromatic heterocycles. The molecule has 39 heavy (non-hydrogen) atoms. The van der Waals surface area contributed by atoms with Crippen LogP contribution in [-0.2, 0) is 21.0 Å². The third-order valence-electron chi connectivity index (χ3n) is 5.93. The number of aromatic nitrogens is 4. The standard InChI is InChI=1S/C22H23F3N6O7S/c23-22(24,25)38-17-4-2-1-3-12(17)9-31-6-5-15(30-31)19(33)14-8-27-11-28-21(14)29-16-7-13(18(32)20(16)34)10-37-39(26,35)36/h1-6,8,11,13,16,18,20,32,34H,7,9-10H2,(H2,26,35,36)(H,27,28,29). The number of carbonyl (C=O) groups is 1. The summed E-state index contributed by atoms with van der Waals surface area (Å²) in [5, 5.41) is 32.5. The van der Waals surface area contributed by atoms with Gasteiger partial charge in [-0.3, -0.25) is 13.7 Å². The lowest BCUT2D eigenvalue weighted by molar-refractivity contribution is -0.274. The number of hydrogen-bond acceptors (Lipinski definition) is 11. The predicted molar refractivity (Wildman–Crippen MR) is 127 cm³/mol. The van der Waals surface area contributed by atoms with Crippen molar-refractivity contribution >= 4 is 21.9 Å². The van der Waals surface area contributed by atoms with Crippen LogP contribution in [0.25, 0.3) is 0 Å². The fourth-order valence-electron chi connectivity index (χ4n) is 4.14. The molecule has 5 N–H and O–H groups in total. The number of nitrogens with two attached hydrogens (primary N) is 1. The number of ketones is 1. The number of halogens is 3. The predicted octanol–water partition coefficient (Wildman–Crippen LogP) is 0.593. The van der Waals surface area contributed by atoms with Crippen LogP contribution < -0.4 is 15.2 Å². The maximum absolute atomic E-state index is 13.2. The molecule has 1 saturated carbocycles. The van der Waals surface area contributed by atoms with Gasteiger partial charge < -0.3 is 20.3 Å². The lowest BCUT2D eigenvalue weighted by atomic mass is 10.1. The number of nitrogens with zero attached hydrogens (tertiary/aromatic N) is 4. The highest BCUT2D eigenvalue weighted by Crippen LogP contribution is 2.31. The van der Waals surface area contributed by atoms with Crippen LogP contribution in [0.1, 0.15) is 28.0 Å². The van der Waals surface area contributed by atoms with Crippen molar-refractivity contribution in [3.05, 3.63) is 65.9 Å². The summed E-state index contributed by atoms with van der Waals surface area (Å²) in [6, 6.07) is 6.05. The van der Waals surface area contributed by atoms with Crippen LogP contribution in [0.4, 0.5) is 19.0 Å². The van der Waals surface area contributed by atoms with Gasteiger partial charge in [-0.1, -0.05) is 18.2 Å². The van der Waals surface area contributed by atoms with Crippen molar-refractivity contribution in [2.45, 2.75) is 37.6 Å². The highest BCUT2D eigenvalue weighted by Gasteiger charge is 2.42. The number of nitrogens with one attached hydrogen (secondary N) is 1. The van der Waals surface area contributed by atoms with Crippen molar-refractivity contribution in [2.75, 3.05) is 11.9 Å². The number of rotatable bonds is 10. The van der Waals surface area contributed by atoms with Crippen molar-refractivity contribution < 1.29 is 45.5 Å². The maximum Gasteiger partial charge on any atom is 0.573 e. The average molecular weight is 573 g/mol. The normalized spacial score (nSPS) is 21.6. The van der Waals surface area contributed by atoms with E-state index < -0.39 is 59.0 Å². The molecule has 2 heterocycles. The van der Waals surface area contributed by atoms with Crippen LogP contribution in [0.2, 0.25) is 0 Å². The Morgan fingerprint density at radius 1 is 1.21 bits per heavy atom. The Balaban J connectivity index is 1.48. The minimum Gasteiger partial charge on any atom is -0.405 e. The van der Waals surface area contributed by atoms with Gasteiger partial charge in [0.25, 0.3) is 0 Å². The van der Waals surface area contributed by atoms with E-state index in [1.165, 1.54) is 41.3 Å². The molecular weight excluding hydrogens is 549 g/mol. The molecule has 4 unspecified atom stereocenters. The van der Waals surface area contributed by atoms with E-state index in [4.69, 9.17) is 5.14 Å². The summed E-state index contributed by atoms with van der Waals surface area (Å²) in [5.74, 6) is -1.80. The summed E-state index contributed by atoms with van der Waals surface area (Å²) in [4.78, 5) is 21.1. The number of hydrogen-bond donors (Lipinski definition) is 4. The number of benzene rings is 1. The number of aliphatic hydroxyl groups is 2. The van der Waals surface area contributed by atoms with E-state index in [0.717, 1.165) is 12.4 Å². The molecule has 210 valence electrons. The van der Waals surface area contributed by atoms with Gasteiger partial charge in [0.1, 0.15) is 29.7 Å². The molecule has 1 fully saturated rings. The van der Waals surface area contributed by atoms with Gasteiger partial charge in [-0.25, -0.2) is 15.1 Å². The molecule has 0 amide bonds. The largest absolute Gasteiger partial charge is 0.573 e. The summed E-state index contributed by atoms with van der Waals surface area (Å²) >= 11 is 0. The maximum atomic E-state index is 13.2. The second-order valence-corrected chi connectivity index (χ2v) is 9.89. The Morgan fingerprint density at radius 3 is 2.67 bits per heavy atom. The summed E-state index contributed by atoms with van der Waals surface area (Å²) in [7, 11) is -4.25. The SMILES string of the molecule is NS(=O)(=O)OCC1CC(Nc2ncncc2C(=O)c2ccn(Cc3ccccc3OC(F)(F)F)n2)C(O)C1O. The van der Waals surface area contributed by atoms with E-state index in [0.29, 0.717) is 0 Å². The molecular formula is C22H23F3N6O7S. The highest BCUT2D eigenvalue weighted by molar-refractivity contribution is 7.84. The number of aliphatic hydroxyl groups excluding tert-OH is 2. The van der Waals surface area contributed by atoms with E-state index in [2.05, 4.69) is 29.3 Å². The molecule has 13 nitrogen and oxygen atoms in total. The van der Waals surface area contributed by atoms with Crippen LogP contribution in [0.15, 0.2) is 49.1 Å². The zero-order valence-electron chi connectivity index (χ0n) is 19.9. The summed E-state index contributed by atoms with van der Waals surface area (Å²) in [6.45, 7) is -0.580. The van der Waals surface area contributed by atoms with Gasteiger partial charge in [-0.05, 0) is 18.6 Å². The van der Waals surface area contributed by atoms with Crippen LogP contribution in [0.3, 0.4) is 0 Å². The molecule has 0 bridgehead atoms. The van der Waals surface area contributed by atoms with Gasteiger partial charge in [0, 0.05) is 23.9 Å². The van der Waals surface area contributed by atoms with Crippen LogP contribution in [0.5, 0.6) is 5.75 Å². The second kappa shape index (κ2) is 11.2. The topological polar surface area (TPSA) is 192 Å². The first-order chi connectivity index (χ1) is 18.3. The van der Waals surface area contributed by atoms with Crippen molar-refractivity contribution in [3.63, 3.8) is 0 Å². The number of alkyl halides is 3. The number of anilines is 1. The third kappa shape index (κ3) is 7.27. The Kier molecular flexibility index (Phi) is 8.17. The van der Waals surface area contributed by atoms with E-state index in [9.17, 15) is 36.6 Å². The summed E-state index contributed by atoms with van der Waals surface area (Å²) in [6.07, 6.45) is -3.75. The van der Waals surface area contributed by atoms with E-state index in [1.807, 2.05) is 0 Å². The van der Waals surface area contributed by atoms with Gasteiger partial charge in [0.15, 0.2) is 0 Å². The average Bonchev–Trinajstić information content (AvgIpc) is 3.43. The summed E-state index contributed by atoms with van der Waals surface area (Å²) < 4.78 is 70.1. The van der Waals surface area contributed by atoms with E-state index in [-0.39, 0.29) is 35.6 Å². The Hall–Kier alpha value is -3.64. The fraction of sp³-hybridized carbons (Fsp3) is 0.364. The summed E-state index contributed by atoms with van der Waals surface area (Å²) in [5.41, 5.74) is 0.0834. The molecule has 1 aliphatic carbocycles. The number of carbonyl (C=O) groups excluding carboxylic acids is 1. The second-order valence-electron chi connectivity index (χ2n) is 8.67. The smallest absolute Gasteiger partial charge is 0.405 e. The van der Waals surface area contributed by atoms with Crippen molar-refractivity contribution in [3.8, 4) is 5.75 Å². The molecule has 1 aliphatic rings. The minimum absolute atomic E-state index is 0.0118. The van der Waals surface area contributed by atoms with Crippen molar-refractivity contribution in [1.82, 2.24) is 19.7 Å². The molecule has 3 aromatic rings. The molecule has 0 spiro atoms.